The van der Waals surface area contributed by atoms with Crippen LogP contribution in [0.25, 0.3) is 11.0 Å². The van der Waals surface area contributed by atoms with E-state index in [4.69, 9.17) is 15.5 Å². The first-order valence-corrected chi connectivity index (χ1v) is 8.70. The maximum Gasteiger partial charge on any atom is 0.121 e. The summed E-state index contributed by atoms with van der Waals surface area (Å²) in [7, 11) is 0. The maximum atomic E-state index is 5.77. The average Bonchev–Trinajstić information content (AvgIpc) is 2.93. The average molecular weight is 323 g/mol. The van der Waals surface area contributed by atoms with Crippen LogP contribution in [0.3, 0.4) is 0 Å². The summed E-state index contributed by atoms with van der Waals surface area (Å²) in [6.45, 7) is 3.89. The predicted octanol–water partition coefficient (Wildman–Crippen LogP) is 4.43. The number of ether oxygens (including phenoxy) is 1. The van der Waals surface area contributed by atoms with Gasteiger partial charge in [-0.25, -0.2) is 4.98 Å². The number of rotatable bonds is 8. The van der Waals surface area contributed by atoms with Crippen molar-refractivity contribution in [1.82, 2.24) is 9.55 Å². The van der Waals surface area contributed by atoms with Crippen molar-refractivity contribution in [1.29, 1.82) is 0 Å². The highest BCUT2D eigenvalue weighted by Gasteiger charge is 2.09. The summed E-state index contributed by atoms with van der Waals surface area (Å²) in [5, 5.41) is 0. The van der Waals surface area contributed by atoms with E-state index in [0.29, 0.717) is 6.61 Å². The van der Waals surface area contributed by atoms with Gasteiger partial charge in [-0.2, -0.15) is 0 Å². The largest absolute Gasteiger partial charge is 0.494 e. The minimum absolute atomic E-state index is 0.708. The van der Waals surface area contributed by atoms with Crippen molar-refractivity contribution in [2.24, 2.45) is 0 Å². The van der Waals surface area contributed by atoms with E-state index in [1.165, 1.54) is 11.3 Å². The number of para-hydroxylation sites is 2. The van der Waals surface area contributed by atoms with Gasteiger partial charge in [-0.3, -0.25) is 0 Å². The molecule has 0 unspecified atom stereocenters. The van der Waals surface area contributed by atoms with Crippen molar-refractivity contribution >= 4 is 16.7 Å². The Hall–Kier alpha value is -2.49. The van der Waals surface area contributed by atoms with Gasteiger partial charge in [0.15, 0.2) is 0 Å². The molecule has 0 fully saturated rings. The Morgan fingerprint density at radius 1 is 1.08 bits per heavy atom. The van der Waals surface area contributed by atoms with Gasteiger partial charge < -0.3 is 15.0 Å². The van der Waals surface area contributed by atoms with Crippen LogP contribution in [0.15, 0.2) is 48.5 Å². The lowest BCUT2D eigenvalue weighted by Gasteiger charge is -2.10. The van der Waals surface area contributed by atoms with Gasteiger partial charge in [-0.05, 0) is 43.5 Å². The van der Waals surface area contributed by atoms with Gasteiger partial charge in [0.1, 0.15) is 11.6 Å². The van der Waals surface area contributed by atoms with Crippen LogP contribution in [0.4, 0.5) is 5.69 Å². The molecule has 0 aliphatic carbocycles. The van der Waals surface area contributed by atoms with Gasteiger partial charge in [0, 0.05) is 24.7 Å². The van der Waals surface area contributed by atoms with Gasteiger partial charge in [0.05, 0.1) is 17.6 Å². The van der Waals surface area contributed by atoms with Crippen LogP contribution in [0.2, 0.25) is 0 Å². The molecule has 0 aliphatic rings. The molecule has 0 radical (unpaired) electrons. The summed E-state index contributed by atoms with van der Waals surface area (Å²) in [6.07, 6.45) is 4.21. The number of aryl methyl sites for hydroxylation is 2. The van der Waals surface area contributed by atoms with E-state index in [1.54, 1.807) is 0 Å². The van der Waals surface area contributed by atoms with Crippen LogP contribution in [-0.4, -0.2) is 16.2 Å². The highest BCUT2D eigenvalue weighted by Crippen LogP contribution is 2.18. The van der Waals surface area contributed by atoms with Crippen LogP contribution in [0.1, 0.15) is 32.0 Å². The smallest absolute Gasteiger partial charge is 0.121 e. The normalized spacial score (nSPS) is 11.0. The third kappa shape index (κ3) is 3.88. The quantitative estimate of drug-likeness (QED) is 0.493. The molecule has 0 spiro atoms. The number of hydrogen-bond donors (Lipinski definition) is 1. The second-order valence-electron chi connectivity index (χ2n) is 6.05. The van der Waals surface area contributed by atoms with Crippen LogP contribution in [0, 0.1) is 0 Å². The molecule has 3 rings (SSSR count). The standard InChI is InChI=1S/C20H25N3O/c1-2-8-20-22-18-11-3-4-12-19(18)23(20)13-5-6-14-24-17-10-7-9-16(21)15-17/h3-4,7,9-12,15H,2,5-6,8,13-14,21H2,1H3. The lowest BCUT2D eigenvalue weighted by molar-refractivity contribution is 0.303. The number of nitrogens with zero attached hydrogens (tertiary/aromatic N) is 2. The molecule has 0 atom stereocenters. The minimum Gasteiger partial charge on any atom is -0.494 e. The first kappa shape index (κ1) is 16.4. The van der Waals surface area contributed by atoms with E-state index < -0.39 is 0 Å². The highest BCUT2D eigenvalue weighted by atomic mass is 16.5. The van der Waals surface area contributed by atoms with Crippen LogP contribution in [0.5, 0.6) is 5.75 Å². The Kier molecular flexibility index (Phi) is 5.36. The highest BCUT2D eigenvalue weighted by molar-refractivity contribution is 5.75. The zero-order valence-electron chi connectivity index (χ0n) is 14.2. The number of unbranched alkanes of at least 4 members (excludes halogenated alkanes) is 1. The molecule has 126 valence electrons. The van der Waals surface area contributed by atoms with Gasteiger partial charge in [0.25, 0.3) is 0 Å². The summed E-state index contributed by atoms with van der Waals surface area (Å²) in [5.74, 6) is 2.03. The summed E-state index contributed by atoms with van der Waals surface area (Å²) in [5.41, 5.74) is 8.83. The van der Waals surface area contributed by atoms with Crippen molar-refractivity contribution in [2.45, 2.75) is 39.2 Å². The summed E-state index contributed by atoms with van der Waals surface area (Å²) < 4.78 is 8.13. The van der Waals surface area contributed by atoms with Crippen LogP contribution >= 0.6 is 0 Å². The molecule has 0 saturated heterocycles. The topological polar surface area (TPSA) is 53.1 Å². The number of anilines is 1. The molecule has 1 aromatic heterocycles. The molecule has 4 heteroatoms. The molecule has 2 N–H and O–H groups in total. The van der Waals surface area contributed by atoms with Crippen molar-refractivity contribution in [2.75, 3.05) is 12.3 Å². The monoisotopic (exact) mass is 323 g/mol. The number of hydrogen-bond acceptors (Lipinski definition) is 3. The second kappa shape index (κ2) is 7.86. The molecular weight excluding hydrogens is 298 g/mol. The number of aromatic nitrogens is 2. The van der Waals surface area contributed by atoms with Gasteiger partial charge in [-0.15, -0.1) is 0 Å². The van der Waals surface area contributed by atoms with E-state index in [2.05, 4.69) is 35.8 Å². The first-order chi connectivity index (χ1) is 11.8. The molecule has 3 aromatic rings. The Balaban J connectivity index is 1.56. The fraction of sp³-hybridized carbons (Fsp3) is 0.350. The molecular formula is C20H25N3O. The predicted molar refractivity (Wildman–Crippen MR) is 99.3 cm³/mol. The third-order valence-electron chi connectivity index (χ3n) is 4.11. The summed E-state index contributed by atoms with van der Waals surface area (Å²) in [4.78, 5) is 4.78. The fourth-order valence-corrected chi connectivity index (χ4v) is 2.96. The number of fused-ring (bicyclic) bond motifs is 1. The second-order valence-corrected chi connectivity index (χ2v) is 6.05. The van der Waals surface area contributed by atoms with E-state index in [0.717, 1.165) is 49.2 Å². The Labute approximate surface area is 143 Å². The molecule has 0 saturated carbocycles. The number of imidazole rings is 1. The Morgan fingerprint density at radius 3 is 2.79 bits per heavy atom. The first-order valence-electron chi connectivity index (χ1n) is 8.70. The van der Waals surface area contributed by atoms with E-state index in [-0.39, 0.29) is 0 Å². The van der Waals surface area contributed by atoms with E-state index in [9.17, 15) is 0 Å². The van der Waals surface area contributed by atoms with Crippen molar-refractivity contribution < 1.29 is 4.74 Å². The van der Waals surface area contributed by atoms with Crippen molar-refractivity contribution in [3.63, 3.8) is 0 Å². The summed E-state index contributed by atoms with van der Waals surface area (Å²) in [6, 6.07) is 16.0. The Bertz CT molecular complexity index is 794. The number of benzene rings is 2. The minimum atomic E-state index is 0.708. The molecule has 0 amide bonds. The van der Waals surface area contributed by atoms with Gasteiger partial charge in [0.2, 0.25) is 0 Å². The SMILES string of the molecule is CCCc1nc2ccccc2n1CCCCOc1cccc(N)c1. The third-order valence-corrected chi connectivity index (χ3v) is 4.11. The van der Waals surface area contributed by atoms with E-state index >= 15 is 0 Å². The van der Waals surface area contributed by atoms with E-state index in [1.807, 2.05) is 24.3 Å². The maximum absolute atomic E-state index is 5.77. The molecule has 0 aliphatic heterocycles. The molecule has 24 heavy (non-hydrogen) atoms. The van der Waals surface area contributed by atoms with Crippen molar-refractivity contribution in [3.8, 4) is 5.75 Å². The number of nitrogens with two attached hydrogens (primary N) is 1. The Morgan fingerprint density at radius 2 is 1.96 bits per heavy atom. The molecule has 2 aromatic carbocycles. The summed E-state index contributed by atoms with van der Waals surface area (Å²) >= 11 is 0. The lowest BCUT2D eigenvalue weighted by atomic mass is 10.2. The molecule has 1 heterocycles. The van der Waals surface area contributed by atoms with Crippen LogP contribution < -0.4 is 10.5 Å². The van der Waals surface area contributed by atoms with Gasteiger partial charge >= 0.3 is 0 Å². The lowest BCUT2D eigenvalue weighted by Crippen LogP contribution is -2.06. The zero-order chi connectivity index (χ0) is 16.8. The van der Waals surface area contributed by atoms with Crippen LogP contribution in [-0.2, 0) is 13.0 Å². The molecule has 0 bridgehead atoms. The van der Waals surface area contributed by atoms with Crippen molar-refractivity contribution in [3.05, 3.63) is 54.4 Å². The van der Waals surface area contributed by atoms with Gasteiger partial charge in [-0.1, -0.05) is 25.1 Å². The zero-order valence-corrected chi connectivity index (χ0v) is 14.2. The number of nitrogen functional groups attached to an aromatic ring is 1. The fourth-order valence-electron chi connectivity index (χ4n) is 2.96. The molecule has 4 nitrogen and oxygen atoms in total.